The van der Waals surface area contributed by atoms with Gasteiger partial charge in [-0.15, -0.1) is 0 Å². The van der Waals surface area contributed by atoms with Gasteiger partial charge in [-0.3, -0.25) is 9.78 Å². The third-order valence-corrected chi connectivity index (χ3v) is 3.98. The Morgan fingerprint density at radius 2 is 2.16 bits per heavy atom. The van der Waals surface area contributed by atoms with Gasteiger partial charge in [-0.1, -0.05) is 25.1 Å². The first kappa shape index (κ1) is 13.9. The van der Waals surface area contributed by atoms with Crippen LogP contribution in [0.5, 0.6) is 0 Å². The van der Waals surface area contributed by atoms with E-state index in [9.17, 15) is 4.79 Å². The van der Waals surface area contributed by atoms with Crippen molar-refractivity contribution in [2.75, 3.05) is 0 Å². The summed E-state index contributed by atoms with van der Waals surface area (Å²) in [4.78, 5) is 16.4. The molecule has 1 atom stereocenters. The first-order chi connectivity index (χ1) is 9.08. The molecule has 0 radical (unpaired) electrons. The molecule has 0 aliphatic heterocycles. The van der Waals surface area contributed by atoms with Gasteiger partial charge in [0, 0.05) is 17.8 Å². The van der Waals surface area contributed by atoms with Crippen LogP contribution in [0.2, 0.25) is 0 Å². The van der Waals surface area contributed by atoms with Crippen molar-refractivity contribution in [1.82, 2.24) is 10.3 Å². The molecule has 1 heterocycles. The maximum absolute atomic E-state index is 12.1. The summed E-state index contributed by atoms with van der Waals surface area (Å²) in [7, 11) is 0. The van der Waals surface area contributed by atoms with E-state index in [-0.39, 0.29) is 11.9 Å². The van der Waals surface area contributed by atoms with E-state index in [0.29, 0.717) is 22.2 Å². The molecule has 2 rings (SSSR count). The molecule has 5 heteroatoms. The Hall–Kier alpha value is -1.49. The normalized spacial score (nSPS) is 17.1. The zero-order valence-electron chi connectivity index (χ0n) is 11.1. The summed E-state index contributed by atoms with van der Waals surface area (Å²) in [6.45, 7) is 2.07. The number of hydrogen-bond acceptors (Lipinski definition) is 3. The third-order valence-electron chi connectivity index (χ3n) is 3.75. The standard InChI is InChI=1S/C14H19N3OS/c1-9(10-4-2-3-5-10)17-14(18)12-7-6-11(8-16-12)13(15)19/h6-10H,2-5H2,1H3,(H2,15,19)(H,17,18). The van der Waals surface area contributed by atoms with E-state index in [0.717, 1.165) is 0 Å². The number of rotatable bonds is 4. The number of carbonyl (C=O) groups excluding carboxylic acids is 1. The van der Waals surface area contributed by atoms with Gasteiger partial charge in [-0.05, 0) is 37.8 Å². The summed E-state index contributed by atoms with van der Waals surface area (Å²) in [6.07, 6.45) is 6.49. The molecule has 4 nitrogen and oxygen atoms in total. The van der Waals surface area contributed by atoms with E-state index in [1.165, 1.54) is 31.9 Å². The number of nitrogens with two attached hydrogens (primary N) is 1. The number of aromatic nitrogens is 1. The summed E-state index contributed by atoms with van der Waals surface area (Å²) >= 11 is 4.85. The highest BCUT2D eigenvalue weighted by atomic mass is 32.1. The van der Waals surface area contributed by atoms with Gasteiger partial charge in [0.15, 0.2) is 0 Å². The van der Waals surface area contributed by atoms with Crippen LogP contribution >= 0.6 is 12.2 Å². The van der Waals surface area contributed by atoms with E-state index in [2.05, 4.69) is 17.2 Å². The van der Waals surface area contributed by atoms with E-state index in [4.69, 9.17) is 18.0 Å². The monoisotopic (exact) mass is 277 g/mol. The number of nitrogens with zero attached hydrogens (tertiary/aromatic N) is 1. The molecule has 1 amide bonds. The van der Waals surface area contributed by atoms with Gasteiger partial charge >= 0.3 is 0 Å². The average Bonchev–Trinajstić information content (AvgIpc) is 2.92. The van der Waals surface area contributed by atoms with Gasteiger partial charge in [-0.25, -0.2) is 0 Å². The quantitative estimate of drug-likeness (QED) is 0.826. The summed E-state index contributed by atoms with van der Waals surface area (Å²) in [6, 6.07) is 3.59. The van der Waals surface area contributed by atoms with Crippen molar-refractivity contribution in [1.29, 1.82) is 0 Å². The maximum Gasteiger partial charge on any atom is 0.270 e. The number of amides is 1. The zero-order valence-corrected chi connectivity index (χ0v) is 11.9. The number of thiocarbonyl (C=S) groups is 1. The fraction of sp³-hybridized carbons (Fsp3) is 0.500. The lowest BCUT2D eigenvalue weighted by Gasteiger charge is -2.20. The summed E-state index contributed by atoms with van der Waals surface area (Å²) in [5.41, 5.74) is 6.58. The van der Waals surface area contributed by atoms with Crippen LogP contribution in [0.1, 0.15) is 48.7 Å². The van der Waals surface area contributed by atoms with Crippen molar-refractivity contribution >= 4 is 23.1 Å². The minimum absolute atomic E-state index is 0.131. The Bertz CT molecular complexity index is 466. The highest BCUT2D eigenvalue weighted by Crippen LogP contribution is 2.27. The number of hydrogen-bond donors (Lipinski definition) is 2. The average molecular weight is 277 g/mol. The SMILES string of the molecule is CC(NC(=O)c1ccc(C(N)=S)cn1)C1CCCC1. The molecule has 3 N–H and O–H groups in total. The highest BCUT2D eigenvalue weighted by Gasteiger charge is 2.23. The topological polar surface area (TPSA) is 68.0 Å². The molecular weight excluding hydrogens is 258 g/mol. The van der Waals surface area contributed by atoms with Crippen molar-refractivity contribution in [2.24, 2.45) is 11.7 Å². The van der Waals surface area contributed by atoms with E-state index < -0.39 is 0 Å². The van der Waals surface area contributed by atoms with Gasteiger partial charge in [-0.2, -0.15) is 0 Å². The molecule has 1 saturated carbocycles. The van der Waals surface area contributed by atoms with Crippen molar-refractivity contribution < 1.29 is 4.79 Å². The van der Waals surface area contributed by atoms with Crippen LogP contribution in [0.3, 0.4) is 0 Å². The van der Waals surface area contributed by atoms with Crippen molar-refractivity contribution in [3.05, 3.63) is 29.6 Å². The Labute approximate surface area is 118 Å². The van der Waals surface area contributed by atoms with Gasteiger partial charge in [0.1, 0.15) is 10.7 Å². The van der Waals surface area contributed by atoms with Crippen LogP contribution in [0, 0.1) is 5.92 Å². The Kier molecular flexibility index (Phi) is 4.47. The summed E-state index contributed by atoms with van der Waals surface area (Å²) in [5.74, 6) is 0.466. The number of nitrogens with one attached hydrogen (secondary N) is 1. The summed E-state index contributed by atoms with van der Waals surface area (Å²) < 4.78 is 0. The number of pyridine rings is 1. The smallest absolute Gasteiger partial charge is 0.270 e. The first-order valence-corrected chi connectivity index (χ1v) is 7.05. The molecule has 0 aromatic carbocycles. The van der Waals surface area contributed by atoms with E-state index in [1.54, 1.807) is 12.1 Å². The fourth-order valence-corrected chi connectivity index (χ4v) is 2.65. The van der Waals surface area contributed by atoms with E-state index >= 15 is 0 Å². The van der Waals surface area contributed by atoms with Gasteiger partial charge in [0.2, 0.25) is 0 Å². The second-order valence-electron chi connectivity index (χ2n) is 5.10. The minimum Gasteiger partial charge on any atom is -0.389 e. The van der Waals surface area contributed by atoms with Crippen LogP contribution in [-0.2, 0) is 0 Å². The third kappa shape index (κ3) is 3.50. The highest BCUT2D eigenvalue weighted by molar-refractivity contribution is 7.80. The molecule has 19 heavy (non-hydrogen) atoms. The van der Waals surface area contributed by atoms with Gasteiger partial charge in [0.25, 0.3) is 5.91 Å². The molecule has 0 bridgehead atoms. The Balaban J connectivity index is 1.97. The van der Waals surface area contributed by atoms with Crippen LogP contribution in [0.15, 0.2) is 18.3 Å². The first-order valence-electron chi connectivity index (χ1n) is 6.64. The predicted molar refractivity (Wildman–Crippen MR) is 79.0 cm³/mol. The van der Waals surface area contributed by atoms with Crippen molar-refractivity contribution in [3.8, 4) is 0 Å². The molecule has 0 spiro atoms. The van der Waals surface area contributed by atoms with Crippen molar-refractivity contribution in [3.63, 3.8) is 0 Å². The number of carbonyl (C=O) groups is 1. The Morgan fingerprint density at radius 1 is 1.47 bits per heavy atom. The molecule has 1 unspecified atom stereocenters. The predicted octanol–water partition coefficient (Wildman–Crippen LogP) is 2.02. The lowest BCUT2D eigenvalue weighted by Crippen LogP contribution is -2.37. The van der Waals surface area contributed by atoms with Crippen LogP contribution in [-0.4, -0.2) is 21.9 Å². The second kappa shape index (κ2) is 6.10. The van der Waals surface area contributed by atoms with Gasteiger partial charge < -0.3 is 11.1 Å². The molecule has 0 saturated heterocycles. The lowest BCUT2D eigenvalue weighted by atomic mass is 10.00. The largest absolute Gasteiger partial charge is 0.389 e. The molecule has 1 aliphatic rings. The molecule has 1 fully saturated rings. The van der Waals surface area contributed by atoms with Gasteiger partial charge in [0.05, 0.1) is 0 Å². The van der Waals surface area contributed by atoms with Crippen molar-refractivity contribution in [2.45, 2.75) is 38.6 Å². The maximum atomic E-state index is 12.1. The van der Waals surface area contributed by atoms with Crippen LogP contribution in [0.25, 0.3) is 0 Å². The summed E-state index contributed by atoms with van der Waals surface area (Å²) in [5, 5.41) is 3.02. The molecule has 1 aliphatic carbocycles. The molecule has 1 aromatic heterocycles. The molecular formula is C14H19N3OS. The van der Waals surface area contributed by atoms with E-state index in [1.807, 2.05) is 0 Å². The molecule has 102 valence electrons. The minimum atomic E-state index is -0.131. The van der Waals surface area contributed by atoms with Crippen LogP contribution < -0.4 is 11.1 Å². The second-order valence-corrected chi connectivity index (χ2v) is 5.54. The lowest BCUT2D eigenvalue weighted by molar-refractivity contribution is 0.0922. The Morgan fingerprint density at radius 3 is 2.68 bits per heavy atom. The van der Waals surface area contributed by atoms with Crippen LogP contribution in [0.4, 0.5) is 0 Å². The fourth-order valence-electron chi connectivity index (χ4n) is 2.53. The molecule has 1 aromatic rings. The zero-order chi connectivity index (χ0) is 13.8.